The van der Waals surface area contributed by atoms with Crippen LogP contribution in [-0.2, 0) is 0 Å². The van der Waals surface area contributed by atoms with E-state index in [1.54, 1.807) is 18.4 Å². The average molecular weight is 280 g/mol. The normalized spacial score (nSPS) is 14.9. The maximum atomic E-state index is 11.8. The molecule has 2 aromatic rings. The molecule has 0 saturated heterocycles. The van der Waals surface area contributed by atoms with Gasteiger partial charge in [-0.3, -0.25) is 9.89 Å². The molecule has 3 rings (SSSR count). The third-order valence-electron chi connectivity index (χ3n) is 3.26. The zero-order valence-corrected chi connectivity index (χ0v) is 11.5. The molecule has 1 aliphatic carbocycles. The number of hydrogen-bond acceptors (Lipinski definition) is 3. The first-order chi connectivity index (χ1) is 10.3. The van der Waals surface area contributed by atoms with Crippen LogP contribution in [-0.4, -0.2) is 22.3 Å². The lowest BCUT2D eigenvalue weighted by Crippen LogP contribution is -2.17. The molecule has 5 nitrogen and oxygen atoms in total. The zero-order chi connectivity index (χ0) is 14.5. The third kappa shape index (κ3) is 3.66. The number of aromatic nitrogens is 2. The molecule has 21 heavy (non-hydrogen) atoms. The fourth-order valence-corrected chi connectivity index (χ4v) is 1.97. The lowest BCUT2D eigenvalue weighted by atomic mass is 10.2. The second kappa shape index (κ2) is 6.17. The van der Waals surface area contributed by atoms with Crippen LogP contribution in [0.4, 0.5) is 0 Å². The van der Waals surface area contributed by atoms with Crippen molar-refractivity contribution in [1.82, 2.24) is 15.6 Å². The number of carbonyl (C=O) groups is 1. The summed E-state index contributed by atoms with van der Waals surface area (Å²) in [4.78, 5) is 11.8. The Morgan fingerprint density at radius 1 is 1.33 bits per heavy atom. The van der Waals surface area contributed by atoms with E-state index in [9.17, 15) is 4.79 Å². The van der Waals surface area contributed by atoms with Crippen molar-refractivity contribution >= 4 is 18.2 Å². The Balaban J connectivity index is 1.50. The largest absolute Gasteiger partial charge is 0.291 e. The van der Waals surface area contributed by atoms with Gasteiger partial charge in [-0.2, -0.15) is 10.2 Å². The highest BCUT2D eigenvalue weighted by molar-refractivity contribution is 5.93. The summed E-state index contributed by atoms with van der Waals surface area (Å²) in [5, 5.41) is 10.8. The van der Waals surface area contributed by atoms with Crippen molar-refractivity contribution in [1.29, 1.82) is 0 Å². The Morgan fingerprint density at radius 3 is 2.90 bits per heavy atom. The monoisotopic (exact) mass is 280 g/mol. The number of hydrogen-bond donors (Lipinski definition) is 2. The highest BCUT2D eigenvalue weighted by Crippen LogP contribution is 2.38. The first-order valence-corrected chi connectivity index (χ1v) is 6.93. The Bertz CT molecular complexity index is 669. The van der Waals surface area contributed by atoms with Gasteiger partial charge in [0, 0.05) is 17.8 Å². The highest BCUT2D eigenvalue weighted by Gasteiger charge is 2.26. The van der Waals surface area contributed by atoms with Gasteiger partial charge in [-0.25, -0.2) is 5.43 Å². The topological polar surface area (TPSA) is 70.1 Å². The lowest BCUT2D eigenvalue weighted by molar-refractivity contribution is 0.0950. The first kappa shape index (κ1) is 13.3. The van der Waals surface area contributed by atoms with Crippen LogP contribution in [0.15, 0.2) is 47.6 Å². The third-order valence-corrected chi connectivity index (χ3v) is 3.26. The number of carbonyl (C=O) groups excluding carboxylic acids is 1. The summed E-state index contributed by atoms with van der Waals surface area (Å²) in [7, 11) is 0. The molecule has 106 valence electrons. The van der Waals surface area contributed by atoms with E-state index in [2.05, 4.69) is 20.7 Å². The standard InChI is InChI=1S/C16H16N4O/c21-16(15-11-14(18-19-15)13-8-9-13)20-17-10-4-7-12-5-2-1-3-6-12/h1-7,10-11,13H,8-9H2,(H,18,19)(H,20,21)/b7-4+,17-10+. The lowest BCUT2D eigenvalue weighted by Gasteiger charge is -1.93. The van der Waals surface area contributed by atoms with E-state index in [-0.39, 0.29) is 5.91 Å². The minimum Gasteiger partial charge on any atom is -0.281 e. The molecule has 1 aromatic heterocycles. The van der Waals surface area contributed by atoms with Gasteiger partial charge in [0.2, 0.25) is 0 Å². The van der Waals surface area contributed by atoms with Crippen molar-refractivity contribution in [2.75, 3.05) is 0 Å². The molecule has 1 fully saturated rings. The SMILES string of the molecule is O=C(N/N=C/C=C/c1ccccc1)c1cc(C2CC2)[nH]n1. The second-order valence-corrected chi connectivity index (χ2v) is 4.97. The minimum atomic E-state index is -0.303. The molecular formula is C16H16N4O. The zero-order valence-electron chi connectivity index (χ0n) is 11.5. The first-order valence-electron chi connectivity index (χ1n) is 6.93. The summed E-state index contributed by atoms with van der Waals surface area (Å²) >= 11 is 0. The smallest absolute Gasteiger partial charge is 0.281 e. The van der Waals surface area contributed by atoms with Gasteiger partial charge in [-0.15, -0.1) is 0 Å². The van der Waals surface area contributed by atoms with Crippen LogP contribution in [0.2, 0.25) is 0 Å². The molecule has 0 radical (unpaired) electrons. The molecule has 1 saturated carbocycles. The predicted molar refractivity (Wildman–Crippen MR) is 82.0 cm³/mol. The van der Waals surface area contributed by atoms with Gasteiger partial charge in [0.1, 0.15) is 0 Å². The van der Waals surface area contributed by atoms with Crippen LogP contribution < -0.4 is 5.43 Å². The van der Waals surface area contributed by atoms with Crippen LogP contribution in [0.3, 0.4) is 0 Å². The van der Waals surface area contributed by atoms with Gasteiger partial charge < -0.3 is 0 Å². The van der Waals surface area contributed by atoms with Crippen molar-refractivity contribution in [3.63, 3.8) is 0 Å². The molecule has 0 unspecified atom stereocenters. The summed E-state index contributed by atoms with van der Waals surface area (Å²) in [5.74, 6) is 0.249. The molecule has 0 aliphatic heterocycles. The Morgan fingerprint density at radius 2 is 2.14 bits per heavy atom. The minimum absolute atomic E-state index is 0.303. The number of hydrazone groups is 1. The van der Waals surface area contributed by atoms with Crippen molar-refractivity contribution < 1.29 is 4.79 Å². The predicted octanol–water partition coefficient (Wildman–Crippen LogP) is 2.72. The Hall–Kier alpha value is -2.69. The van der Waals surface area contributed by atoms with Gasteiger partial charge in [0.25, 0.3) is 5.91 Å². The van der Waals surface area contributed by atoms with Crippen LogP contribution in [0.5, 0.6) is 0 Å². The molecule has 5 heteroatoms. The van der Waals surface area contributed by atoms with Crippen LogP contribution in [0.1, 0.15) is 40.5 Å². The van der Waals surface area contributed by atoms with Gasteiger partial charge >= 0.3 is 0 Å². The number of benzene rings is 1. The van der Waals surface area contributed by atoms with Gasteiger partial charge in [-0.1, -0.05) is 36.4 Å². The number of rotatable bonds is 5. The van der Waals surface area contributed by atoms with E-state index in [1.807, 2.05) is 36.4 Å². The maximum absolute atomic E-state index is 11.8. The molecule has 1 amide bonds. The van der Waals surface area contributed by atoms with E-state index in [1.165, 1.54) is 12.8 Å². The molecule has 1 heterocycles. The van der Waals surface area contributed by atoms with E-state index >= 15 is 0 Å². The average Bonchev–Trinajstić information content (AvgIpc) is 3.25. The molecule has 1 aliphatic rings. The molecular weight excluding hydrogens is 264 g/mol. The van der Waals surface area contributed by atoms with Gasteiger partial charge in [0.15, 0.2) is 5.69 Å². The van der Waals surface area contributed by atoms with Crippen molar-refractivity contribution in [3.8, 4) is 0 Å². The van der Waals surface area contributed by atoms with Crippen LogP contribution in [0, 0.1) is 0 Å². The molecule has 0 bridgehead atoms. The maximum Gasteiger partial charge on any atom is 0.291 e. The summed E-state index contributed by atoms with van der Waals surface area (Å²) in [5.41, 5.74) is 4.95. The fourth-order valence-electron chi connectivity index (χ4n) is 1.97. The second-order valence-electron chi connectivity index (χ2n) is 4.97. The summed E-state index contributed by atoms with van der Waals surface area (Å²) in [6.45, 7) is 0. The van der Waals surface area contributed by atoms with Crippen molar-refractivity contribution in [2.24, 2.45) is 5.10 Å². The summed E-state index contributed by atoms with van der Waals surface area (Å²) in [6, 6.07) is 11.7. The van der Waals surface area contributed by atoms with E-state index in [0.29, 0.717) is 11.6 Å². The van der Waals surface area contributed by atoms with Gasteiger partial charge in [-0.05, 0) is 30.5 Å². The van der Waals surface area contributed by atoms with E-state index < -0.39 is 0 Å². The molecule has 1 aromatic carbocycles. The summed E-state index contributed by atoms with van der Waals surface area (Å²) < 4.78 is 0. The Kier molecular flexibility index (Phi) is 3.91. The number of H-pyrrole nitrogens is 1. The number of allylic oxidation sites excluding steroid dienone is 1. The number of nitrogens with zero attached hydrogens (tertiary/aromatic N) is 2. The van der Waals surface area contributed by atoms with Gasteiger partial charge in [0.05, 0.1) is 0 Å². The van der Waals surface area contributed by atoms with Crippen LogP contribution in [0.25, 0.3) is 6.08 Å². The molecule has 0 spiro atoms. The van der Waals surface area contributed by atoms with E-state index in [4.69, 9.17) is 0 Å². The quantitative estimate of drug-likeness (QED) is 0.653. The highest BCUT2D eigenvalue weighted by atomic mass is 16.2. The molecule has 0 atom stereocenters. The Labute approximate surface area is 122 Å². The van der Waals surface area contributed by atoms with Crippen molar-refractivity contribution in [2.45, 2.75) is 18.8 Å². The van der Waals surface area contributed by atoms with Crippen molar-refractivity contribution in [3.05, 3.63) is 59.4 Å². The molecule has 2 N–H and O–H groups in total. The fraction of sp³-hybridized carbons (Fsp3) is 0.188. The number of nitrogens with one attached hydrogen (secondary N) is 2. The number of amides is 1. The summed E-state index contributed by atoms with van der Waals surface area (Å²) in [6.07, 6.45) is 7.57. The number of aromatic amines is 1. The van der Waals surface area contributed by atoms with Crippen LogP contribution >= 0.6 is 0 Å². The van der Waals surface area contributed by atoms with E-state index in [0.717, 1.165) is 11.3 Å².